The summed E-state index contributed by atoms with van der Waals surface area (Å²) in [5.74, 6) is 0. The van der Waals surface area contributed by atoms with Crippen LogP contribution in [0.3, 0.4) is 0 Å². The van der Waals surface area contributed by atoms with E-state index in [4.69, 9.17) is 16.7 Å². The van der Waals surface area contributed by atoms with Gasteiger partial charge in [-0.05, 0) is 30.9 Å². The van der Waals surface area contributed by atoms with Crippen LogP contribution in [0, 0.1) is 0 Å². The first-order chi connectivity index (χ1) is 6.83. The van der Waals surface area contributed by atoms with Gasteiger partial charge in [0.25, 0.3) is 0 Å². The van der Waals surface area contributed by atoms with Gasteiger partial charge < -0.3 is 5.11 Å². The number of halogens is 1. The zero-order valence-electron chi connectivity index (χ0n) is 8.12. The Bertz CT molecular complexity index is 280. The Morgan fingerprint density at radius 1 is 1.29 bits per heavy atom. The monoisotopic (exact) mass is 210 g/mol. The number of allylic oxidation sites excluding steroid dienone is 1. The van der Waals surface area contributed by atoms with Crippen molar-refractivity contribution in [3.63, 3.8) is 0 Å². The van der Waals surface area contributed by atoms with Crippen LogP contribution in [0.15, 0.2) is 41.4 Å². The van der Waals surface area contributed by atoms with Gasteiger partial charge in [-0.15, -0.1) is 0 Å². The average Bonchev–Trinajstić information content (AvgIpc) is 2.20. The zero-order chi connectivity index (χ0) is 10.2. The Morgan fingerprint density at radius 2 is 2.00 bits per heavy atom. The number of aryl methyl sites for hydroxylation is 1. The van der Waals surface area contributed by atoms with E-state index < -0.39 is 0 Å². The third-order valence-electron chi connectivity index (χ3n) is 2.04. The molecule has 14 heavy (non-hydrogen) atoms. The van der Waals surface area contributed by atoms with E-state index in [-0.39, 0.29) is 6.61 Å². The van der Waals surface area contributed by atoms with Crippen molar-refractivity contribution >= 4 is 11.6 Å². The molecule has 2 heteroatoms. The molecule has 0 fully saturated rings. The van der Waals surface area contributed by atoms with Gasteiger partial charge in [-0.3, -0.25) is 0 Å². The molecule has 0 amide bonds. The fourth-order valence-electron chi connectivity index (χ4n) is 1.31. The second kappa shape index (κ2) is 6.63. The summed E-state index contributed by atoms with van der Waals surface area (Å²) in [6, 6.07) is 10.3. The molecular weight excluding hydrogens is 196 g/mol. The summed E-state index contributed by atoms with van der Waals surface area (Å²) in [7, 11) is 0. The molecule has 0 saturated heterocycles. The van der Waals surface area contributed by atoms with Crippen LogP contribution >= 0.6 is 11.6 Å². The molecule has 76 valence electrons. The highest BCUT2D eigenvalue weighted by atomic mass is 35.5. The van der Waals surface area contributed by atoms with E-state index in [1.165, 1.54) is 5.56 Å². The van der Waals surface area contributed by atoms with E-state index in [9.17, 15) is 0 Å². The summed E-state index contributed by atoms with van der Waals surface area (Å²) in [4.78, 5) is 0. The van der Waals surface area contributed by atoms with E-state index in [0.29, 0.717) is 0 Å². The minimum absolute atomic E-state index is 0.0319. The predicted octanol–water partition coefficient (Wildman–Crippen LogP) is 3.12. The standard InChI is InChI=1S/C12H15ClO/c13-12(9-10-14)8-4-7-11-5-2-1-3-6-11/h1-3,5-6,9,14H,4,7-8,10H2/b12-9-. The molecule has 0 aliphatic heterocycles. The Labute approximate surface area is 90.0 Å². The predicted molar refractivity (Wildman–Crippen MR) is 60.4 cm³/mol. The molecule has 0 bridgehead atoms. The lowest BCUT2D eigenvalue weighted by atomic mass is 10.1. The fraction of sp³-hybridized carbons (Fsp3) is 0.333. The molecule has 1 rings (SSSR count). The highest BCUT2D eigenvalue weighted by Crippen LogP contribution is 2.12. The van der Waals surface area contributed by atoms with Crippen LogP contribution in [0.1, 0.15) is 18.4 Å². The third kappa shape index (κ3) is 4.45. The van der Waals surface area contributed by atoms with Crippen LogP contribution in [-0.2, 0) is 6.42 Å². The van der Waals surface area contributed by atoms with Gasteiger partial charge in [0.15, 0.2) is 0 Å². The van der Waals surface area contributed by atoms with Crippen LogP contribution in [-0.4, -0.2) is 11.7 Å². The molecule has 1 nitrogen and oxygen atoms in total. The molecule has 0 saturated carbocycles. The number of hydrogen-bond donors (Lipinski definition) is 1. The fourth-order valence-corrected chi connectivity index (χ4v) is 1.51. The van der Waals surface area contributed by atoms with Crippen molar-refractivity contribution in [2.24, 2.45) is 0 Å². The molecule has 0 radical (unpaired) electrons. The zero-order valence-corrected chi connectivity index (χ0v) is 8.87. The molecule has 0 unspecified atom stereocenters. The van der Waals surface area contributed by atoms with E-state index in [0.717, 1.165) is 24.3 Å². The maximum absolute atomic E-state index is 8.59. The number of aliphatic hydroxyl groups excluding tert-OH is 1. The van der Waals surface area contributed by atoms with Crippen molar-refractivity contribution in [3.8, 4) is 0 Å². The third-order valence-corrected chi connectivity index (χ3v) is 2.38. The summed E-state index contributed by atoms with van der Waals surface area (Å²) in [5.41, 5.74) is 1.33. The summed E-state index contributed by atoms with van der Waals surface area (Å²) in [6.07, 6.45) is 4.55. The summed E-state index contributed by atoms with van der Waals surface area (Å²) in [6.45, 7) is 0.0319. The first-order valence-corrected chi connectivity index (χ1v) is 5.20. The van der Waals surface area contributed by atoms with Crippen molar-refractivity contribution < 1.29 is 5.11 Å². The first-order valence-electron chi connectivity index (χ1n) is 4.82. The number of hydrogen-bond acceptors (Lipinski definition) is 1. The topological polar surface area (TPSA) is 20.2 Å². The van der Waals surface area contributed by atoms with Crippen LogP contribution in [0.5, 0.6) is 0 Å². The maximum atomic E-state index is 8.59. The summed E-state index contributed by atoms with van der Waals surface area (Å²) < 4.78 is 0. The molecule has 0 heterocycles. The smallest absolute Gasteiger partial charge is 0.0626 e. The number of benzene rings is 1. The Morgan fingerprint density at radius 3 is 2.64 bits per heavy atom. The van der Waals surface area contributed by atoms with Crippen molar-refractivity contribution in [2.45, 2.75) is 19.3 Å². The largest absolute Gasteiger partial charge is 0.392 e. The second-order valence-electron chi connectivity index (χ2n) is 3.17. The van der Waals surface area contributed by atoms with Crippen molar-refractivity contribution in [2.75, 3.05) is 6.61 Å². The quantitative estimate of drug-likeness (QED) is 0.792. The Kier molecular flexibility index (Phi) is 5.35. The van der Waals surface area contributed by atoms with Gasteiger partial charge in [0.1, 0.15) is 0 Å². The normalized spacial score (nSPS) is 11.7. The van der Waals surface area contributed by atoms with Gasteiger partial charge in [-0.1, -0.05) is 41.9 Å². The molecule has 1 N–H and O–H groups in total. The van der Waals surface area contributed by atoms with Gasteiger partial charge >= 0.3 is 0 Å². The van der Waals surface area contributed by atoms with E-state index in [1.807, 2.05) is 18.2 Å². The Hall–Kier alpha value is -0.790. The van der Waals surface area contributed by atoms with Gasteiger partial charge in [-0.2, -0.15) is 0 Å². The minimum atomic E-state index is 0.0319. The first kappa shape index (κ1) is 11.3. The van der Waals surface area contributed by atoms with Gasteiger partial charge in [0, 0.05) is 5.03 Å². The molecule has 0 aliphatic carbocycles. The van der Waals surface area contributed by atoms with E-state index >= 15 is 0 Å². The minimum Gasteiger partial charge on any atom is -0.392 e. The summed E-state index contributed by atoms with van der Waals surface area (Å²) >= 11 is 5.85. The summed E-state index contributed by atoms with van der Waals surface area (Å²) in [5, 5.41) is 9.35. The second-order valence-corrected chi connectivity index (χ2v) is 3.66. The molecule has 0 aromatic heterocycles. The lowest BCUT2D eigenvalue weighted by Gasteiger charge is -2.00. The molecular formula is C12H15ClO. The van der Waals surface area contributed by atoms with Crippen LogP contribution in [0.4, 0.5) is 0 Å². The lowest BCUT2D eigenvalue weighted by molar-refractivity contribution is 0.342. The van der Waals surface area contributed by atoms with Crippen LogP contribution in [0.2, 0.25) is 0 Å². The van der Waals surface area contributed by atoms with E-state index in [1.54, 1.807) is 6.08 Å². The lowest BCUT2D eigenvalue weighted by Crippen LogP contribution is -1.85. The average molecular weight is 211 g/mol. The van der Waals surface area contributed by atoms with Crippen LogP contribution < -0.4 is 0 Å². The molecule has 1 aromatic rings. The number of rotatable bonds is 5. The molecule has 1 aromatic carbocycles. The highest BCUT2D eigenvalue weighted by molar-refractivity contribution is 6.29. The van der Waals surface area contributed by atoms with Gasteiger partial charge in [-0.25, -0.2) is 0 Å². The maximum Gasteiger partial charge on any atom is 0.0626 e. The van der Waals surface area contributed by atoms with Crippen LogP contribution in [0.25, 0.3) is 0 Å². The van der Waals surface area contributed by atoms with Gasteiger partial charge in [0.2, 0.25) is 0 Å². The van der Waals surface area contributed by atoms with Crippen molar-refractivity contribution in [1.29, 1.82) is 0 Å². The molecule has 0 atom stereocenters. The van der Waals surface area contributed by atoms with E-state index in [2.05, 4.69) is 12.1 Å². The van der Waals surface area contributed by atoms with Gasteiger partial charge in [0.05, 0.1) is 6.61 Å². The Balaban J connectivity index is 2.25. The highest BCUT2D eigenvalue weighted by Gasteiger charge is 1.94. The molecule has 0 spiro atoms. The molecule has 0 aliphatic rings. The van der Waals surface area contributed by atoms with Crippen molar-refractivity contribution in [3.05, 3.63) is 47.0 Å². The van der Waals surface area contributed by atoms with Crippen molar-refractivity contribution in [1.82, 2.24) is 0 Å². The SMILES string of the molecule is OC/C=C(\Cl)CCCc1ccccc1. The number of aliphatic hydroxyl groups is 1.